The van der Waals surface area contributed by atoms with Crippen molar-refractivity contribution in [1.82, 2.24) is 20.4 Å². The van der Waals surface area contributed by atoms with Gasteiger partial charge < -0.3 is 9.73 Å². The highest BCUT2D eigenvalue weighted by Crippen LogP contribution is 2.19. The summed E-state index contributed by atoms with van der Waals surface area (Å²) in [6.07, 6.45) is 0. The summed E-state index contributed by atoms with van der Waals surface area (Å²) < 4.78 is 5.74. The normalized spacial score (nSPS) is 16.7. The lowest BCUT2D eigenvalue weighted by molar-refractivity contribution is 0.213. The molecule has 0 radical (unpaired) electrons. The molecule has 3 rings (SSSR count). The molecule has 2 aromatic rings. The van der Waals surface area contributed by atoms with E-state index in [0.717, 1.165) is 38.3 Å². The summed E-state index contributed by atoms with van der Waals surface area (Å²) in [4.78, 5) is 2.32. The van der Waals surface area contributed by atoms with E-state index in [-0.39, 0.29) is 0 Å². The van der Waals surface area contributed by atoms with Gasteiger partial charge >= 0.3 is 0 Å². The van der Waals surface area contributed by atoms with Crippen LogP contribution in [0, 0.1) is 6.92 Å². The highest BCUT2D eigenvalue weighted by Gasteiger charge is 2.14. The molecule has 1 N–H and O–H groups in total. The molecule has 0 spiro atoms. The van der Waals surface area contributed by atoms with Crippen LogP contribution >= 0.6 is 0 Å². The van der Waals surface area contributed by atoms with Crippen LogP contribution in [-0.2, 0) is 6.54 Å². The standard InChI is InChI=1S/C14H18N4O/c1-11-3-2-4-12(9-11)14-17-16-13(19-14)10-18-7-5-15-6-8-18/h2-4,9,15H,5-8,10H2,1H3. The van der Waals surface area contributed by atoms with Crippen LogP contribution in [-0.4, -0.2) is 41.3 Å². The van der Waals surface area contributed by atoms with Gasteiger partial charge in [-0.1, -0.05) is 17.7 Å². The first-order chi connectivity index (χ1) is 9.31. The summed E-state index contributed by atoms with van der Waals surface area (Å²) in [6.45, 7) is 6.91. The molecule has 1 fully saturated rings. The van der Waals surface area contributed by atoms with E-state index in [4.69, 9.17) is 4.42 Å². The molecule has 19 heavy (non-hydrogen) atoms. The minimum atomic E-state index is 0.605. The Morgan fingerprint density at radius 2 is 2.11 bits per heavy atom. The van der Waals surface area contributed by atoms with Crippen molar-refractivity contribution in [3.05, 3.63) is 35.7 Å². The molecule has 0 unspecified atom stereocenters. The summed E-state index contributed by atoms with van der Waals surface area (Å²) in [5, 5.41) is 11.6. The Balaban J connectivity index is 1.72. The molecule has 5 heteroatoms. The molecule has 1 aromatic heterocycles. The number of rotatable bonds is 3. The summed E-state index contributed by atoms with van der Waals surface area (Å²) in [5.41, 5.74) is 2.18. The molecule has 1 aliphatic heterocycles. The number of piperazine rings is 1. The van der Waals surface area contributed by atoms with Crippen molar-refractivity contribution in [3.8, 4) is 11.5 Å². The summed E-state index contributed by atoms with van der Waals surface area (Å²) in [6, 6.07) is 8.11. The average Bonchev–Trinajstić information content (AvgIpc) is 2.88. The number of aromatic nitrogens is 2. The summed E-state index contributed by atoms with van der Waals surface area (Å²) in [7, 11) is 0. The lowest BCUT2D eigenvalue weighted by Crippen LogP contribution is -2.42. The number of aryl methyl sites for hydroxylation is 1. The Morgan fingerprint density at radius 1 is 1.26 bits per heavy atom. The molecule has 2 heterocycles. The van der Waals surface area contributed by atoms with E-state index in [1.165, 1.54) is 5.56 Å². The van der Waals surface area contributed by atoms with Crippen molar-refractivity contribution in [2.45, 2.75) is 13.5 Å². The highest BCUT2D eigenvalue weighted by molar-refractivity contribution is 5.53. The van der Waals surface area contributed by atoms with Gasteiger partial charge in [0.05, 0.1) is 6.54 Å². The Hall–Kier alpha value is -1.72. The maximum absolute atomic E-state index is 5.74. The second-order valence-corrected chi connectivity index (χ2v) is 4.90. The molecule has 1 aromatic carbocycles. The predicted octanol–water partition coefficient (Wildman–Crippen LogP) is 1.45. The van der Waals surface area contributed by atoms with Gasteiger partial charge in [0.15, 0.2) is 0 Å². The van der Waals surface area contributed by atoms with Gasteiger partial charge in [-0.25, -0.2) is 0 Å². The highest BCUT2D eigenvalue weighted by atomic mass is 16.4. The van der Waals surface area contributed by atoms with E-state index in [2.05, 4.69) is 39.5 Å². The molecule has 1 aliphatic rings. The lowest BCUT2D eigenvalue weighted by Gasteiger charge is -2.25. The molecule has 1 saturated heterocycles. The average molecular weight is 258 g/mol. The van der Waals surface area contributed by atoms with Crippen molar-refractivity contribution in [2.75, 3.05) is 26.2 Å². The molecular weight excluding hydrogens is 240 g/mol. The maximum atomic E-state index is 5.74. The Bertz CT molecular complexity index is 546. The fourth-order valence-corrected chi connectivity index (χ4v) is 2.27. The molecule has 5 nitrogen and oxygen atoms in total. The first-order valence-electron chi connectivity index (χ1n) is 6.64. The van der Waals surface area contributed by atoms with Crippen molar-refractivity contribution < 1.29 is 4.42 Å². The zero-order chi connectivity index (χ0) is 13.1. The summed E-state index contributed by atoms with van der Waals surface area (Å²) in [5.74, 6) is 1.30. The van der Waals surface area contributed by atoms with Gasteiger partial charge in [0.1, 0.15) is 0 Å². The van der Waals surface area contributed by atoms with Crippen LogP contribution in [0.2, 0.25) is 0 Å². The van der Waals surface area contributed by atoms with Gasteiger partial charge in [-0.05, 0) is 19.1 Å². The van der Waals surface area contributed by atoms with Gasteiger partial charge in [0.25, 0.3) is 0 Å². The van der Waals surface area contributed by atoms with Crippen molar-refractivity contribution >= 4 is 0 Å². The Morgan fingerprint density at radius 3 is 2.89 bits per heavy atom. The van der Waals surface area contributed by atoms with E-state index >= 15 is 0 Å². The summed E-state index contributed by atoms with van der Waals surface area (Å²) >= 11 is 0. The van der Waals surface area contributed by atoms with E-state index in [1.54, 1.807) is 0 Å². The zero-order valence-electron chi connectivity index (χ0n) is 11.1. The minimum Gasteiger partial charge on any atom is -0.419 e. The van der Waals surface area contributed by atoms with E-state index < -0.39 is 0 Å². The maximum Gasteiger partial charge on any atom is 0.247 e. The van der Waals surface area contributed by atoms with Crippen LogP contribution in [0.4, 0.5) is 0 Å². The van der Waals surface area contributed by atoms with Crippen LogP contribution in [0.5, 0.6) is 0 Å². The van der Waals surface area contributed by atoms with Gasteiger partial charge in [0.2, 0.25) is 11.8 Å². The van der Waals surface area contributed by atoms with Crippen molar-refractivity contribution in [2.24, 2.45) is 0 Å². The molecular formula is C14H18N4O. The third-order valence-corrected chi connectivity index (χ3v) is 3.30. The predicted molar refractivity (Wildman–Crippen MR) is 72.6 cm³/mol. The number of hydrogen-bond donors (Lipinski definition) is 1. The zero-order valence-corrected chi connectivity index (χ0v) is 11.1. The van der Waals surface area contributed by atoms with Crippen molar-refractivity contribution in [1.29, 1.82) is 0 Å². The van der Waals surface area contributed by atoms with Crippen LogP contribution in [0.25, 0.3) is 11.5 Å². The van der Waals surface area contributed by atoms with Crippen LogP contribution in [0.3, 0.4) is 0 Å². The fourth-order valence-electron chi connectivity index (χ4n) is 2.27. The number of nitrogens with zero attached hydrogens (tertiary/aromatic N) is 3. The van der Waals surface area contributed by atoms with Gasteiger partial charge in [0, 0.05) is 31.7 Å². The minimum absolute atomic E-state index is 0.605. The second-order valence-electron chi connectivity index (χ2n) is 4.90. The Kier molecular flexibility index (Phi) is 3.57. The smallest absolute Gasteiger partial charge is 0.247 e. The monoisotopic (exact) mass is 258 g/mol. The van der Waals surface area contributed by atoms with E-state index in [9.17, 15) is 0 Å². The SMILES string of the molecule is Cc1cccc(-c2nnc(CN3CCNCC3)o2)c1. The van der Waals surface area contributed by atoms with Crippen LogP contribution in [0.15, 0.2) is 28.7 Å². The third kappa shape index (κ3) is 3.00. The number of nitrogens with one attached hydrogen (secondary N) is 1. The fraction of sp³-hybridized carbons (Fsp3) is 0.429. The number of hydrogen-bond acceptors (Lipinski definition) is 5. The van der Waals surface area contributed by atoms with E-state index in [0.29, 0.717) is 11.8 Å². The van der Waals surface area contributed by atoms with Crippen LogP contribution in [0.1, 0.15) is 11.5 Å². The topological polar surface area (TPSA) is 54.2 Å². The van der Waals surface area contributed by atoms with Crippen LogP contribution < -0.4 is 5.32 Å². The first-order valence-corrected chi connectivity index (χ1v) is 6.64. The molecule has 100 valence electrons. The van der Waals surface area contributed by atoms with Gasteiger partial charge in [-0.2, -0.15) is 0 Å². The Labute approximate surface area is 112 Å². The quantitative estimate of drug-likeness (QED) is 0.903. The molecule has 0 bridgehead atoms. The van der Waals surface area contributed by atoms with Gasteiger partial charge in [-0.15, -0.1) is 10.2 Å². The van der Waals surface area contributed by atoms with Crippen molar-refractivity contribution in [3.63, 3.8) is 0 Å². The molecule has 0 saturated carbocycles. The van der Waals surface area contributed by atoms with Gasteiger partial charge in [-0.3, -0.25) is 4.90 Å². The van der Waals surface area contributed by atoms with E-state index in [1.807, 2.05) is 12.1 Å². The first kappa shape index (κ1) is 12.3. The number of benzene rings is 1. The molecule has 0 amide bonds. The lowest BCUT2D eigenvalue weighted by atomic mass is 10.1. The molecule has 0 atom stereocenters. The second kappa shape index (κ2) is 5.50. The molecule has 0 aliphatic carbocycles. The largest absolute Gasteiger partial charge is 0.419 e. The third-order valence-electron chi connectivity index (χ3n) is 3.30.